The van der Waals surface area contributed by atoms with Crippen molar-refractivity contribution >= 4 is 11.6 Å². The van der Waals surface area contributed by atoms with Crippen molar-refractivity contribution in [3.63, 3.8) is 0 Å². The summed E-state index contributed by atoms with van der Waals surface area (Å²) in [6.45, 7) is 3.69. The summed E-state index contributed by atoms with van der Waals surface area (Å²) in [4.78, 5) is 0. The highest BCUT2D eigenvalue weighted by Gasteiger charge is 2.13. The molecule has 4 nitrogen and oxygen atoms in total. The molecule has 0 unspecified atom stereocenters. The third-order valence-corrected chi connectivity index (χ3v) is 1.82. The number of aryl methyl sites for hydroxylation is 2. The van der Waals surface area contributed by atoms with Crippen molar-refractivity contribution in [1.29, 1.82) is 0 Å². The van der Waals surface area contributed by atoms with Gasteiger partial charge in [0.2, 0.25) is 0 Å². The number of rotatable bonds is 1. The third kappa shape index (κ3) is 1.45. The standard InChI is InChI=1S/C8H7ClN2O2/c1-4-3-6(5(2)12-4)7-10-11-8(9)13-7/h3H,1-2H3. The molecule has 2 aromatic rings. The van der Waals surface area contributed by atoms with E-state index in [1.165, 1.54) is 0 Å². The lowest BCUT2D eigenvalue weighted by atomic mass is 10.2. The van der Waals surface area contributed by atoms with Gasteiger partial charge in [0.25, 0.3) is 5.89 Å². The maximum absolute atomic E-state index is 5.50. The minimum absolute atomic E-state index is 0.0354. The van der Waals surface area contributed by atoms with Crippen LogP contribution in [0.5, 0.6) is 0 Å². The summed E-state index contributed by atoms with van der Waals surface area (Å²) in [6.07, 6.45) is 0. The number of hydrogen-bond acceptors (Lipinski definition) is 4. The van der Waals surface area contributed by atoms with Crippen molar-refractivity contribution in [1.82, 2.24) is 10.2 Å². The van der Waals surface area contributed by atoms with Gasteiger partial charge in [0.15, 0.2) is 0 Å². The van der Waals surface area contributed by atoms with Gasteiger partial charge in [-0.05, 0) is 31.5 Å². The Labute approximate surface area is 79.5 Å². The Morgan fingerprint density at radius 2 is 2.00 bits per heavy atom. The number of furan rings is 1. The highest BCUT2D eigenvalue weighted by atomic mass is 35.5. The first kappa shape index (κ1) is 8.31. The number of hydrogen-bond donors (Lipinski definition) is 0. The maximum atomic E-state index is 5.50. The molecule has 0 aliphatic rings. The molecule has 0 saturated heterocycles. The van der Waals surface area contributed by atoms with Crippen LogP contribution in [0.25, 0.3) is 11.5 Å². The van der Waals surface area contributed by atoms with Gasteiger partial charge >= 0.3 is 5.35 Å². The van der Waals surface area contributed by atoms with E-state index in [1.54, 1.807) is 0 Å². The second-order valence-corrected chi connectivity index (χ2v) is 3.01. The molecular weight excluding hydrogens is 192 g/mol. The van der Waals surface area contributed by atoms with Crippen molar-refractivity contribution in [2.75, 3.05) is 0 Å². The van der Waals surface area contributed by atoms with E-state index in [9.17, 15) is 0 Å². The van der Waals surface area contributed by atoms with Crippen LogP contribution in [-0.2, 0) is 0 Å². The van der Waals surface area contributed by atoms with Crippen molar-refractivity contribution in [3.8, 4) is 11.5 Å². The van der Waals surface area contributed by atoms with Gasteiger partial charge in [-0.1, -0.05) is 5.10 Å². The van der Waals surface area contributed by atoms with Crippen molar-refractivity contribution in [3.05, 3.63) is 22.9 Å². The SMILES string of the molecule is Cc1cc(-c2nnc(Cl)o2)c(C)o1. The van der Waals surface area contributed by atoms with Gasteiger partial charge < -0.3 is 8.83 Å². The Morgan fingerprint density at radius 1 is 1.23 bits per heavy atom. The fourth-order valence-corrected chi connectivity index (χ4v) is 1.27. The fourth-order valence-electron chi connectivity index (χ4n) is 1.16. The van der Waals surface area contributed by atoms with Gasteiger partial charge in [-0.25, -0.2) is 0 Å². The van der Waals surface area contributed by atoms with Crippen LogP contribution in [0.3, 0.4) is 0 Å². The van der Waals surface area contributed by atoms with Crippen LogP contribution in [0, 0.1) is 13.8 Å². The first-order chi connectivity index (χ1) is 6.16. The van der Waals surface area contributed by atoms with Gasteiger partial charge in [-0.2, -0.15) is 0 Å². The Balaban J connectivity index is 2.51. The first-order valence-electron chi connectivity index (χ1n) is 3.73. The Hall–Kier alpha value is -1.29. The summed E-state index contributed by atoms with van der Waals surface area (Å²) < 4.78 is 10.4. The number of halogens is 1. The zero-order valence-corrected chi connectivity index (χ0v) is 7.92. The zero-order valence-electron chi connectivity index (χ0n) is 7.17. The minimum Gasteiger partial charge on any atom is -0.466 e. The molecule has 0 atom stereocenters. The Bertz CT molecular complexity index is 433. The molecule has 0 bridgehead atoms. The molecule has 0 amide bonds. The summed E-state index contributed by atoms with van der Waals surface area (Å²) in [5.41, 5.74) is 0.789. The lowest BCUT2D eigenvalue weighted by molar-refractivity contribution is 0.502. The van der Waals surface area contributed by atoms with Crippen LogP contribution in [0.2, 0.25) is 5.35 Å². The largest absolute Gasteiger partial charge is 0.466 e. The maximum Gasteiger partial charge on any atom is 0.313 e. The number of aromatic nitrogens is 2. The number of nitrogens with zero attached hydrogens (tertiary/aromatic N) is 2. The van der Waals surface area contributed by atoms with E-state index >= 15 is 0 Å². The van der Waals surface area contributed by atoms with Crippen LogP contribution < -0.4 is 0 Å². The van der Waals surface area contributed by atoms with E-state index in [4.69, 9.17) is 20.4 Å². The molecular formula is C8H7ClN2O2. The second kappa shape index (κ2) is 2.88. The van der Waals surface area contributed by atoms with Gasteiger partial charge in [0.05, 0.1) is 5.56 Å². The molecule has 0 spiro atoms. The molecule has 0 saturated carbocycles. The molecule has 0 N–H and O–H groups in total. The van der Waals surface area contributed by atoms with Crippen LogP contribution >= 0.6 is 11.6 Å². The fraction of sp³-hybridized carbons (Fsp3) is 0.250. The molecule has 0 aliphatic heterocycles. The van der Waals surface area contributed by atoms with Crippen LogP contribution in [0.15, 0.2) is 14.9 Å². The van der Waals surface area contributed by atoms with Gasteiger partial charge in [0.1, 0.15) is 11.5 Å². The lowest BCUT2D eigenvalue weighted by Crippen LogP contribution is -1.76. The van der Waals surface area contributed by atoms with E-state index in [-0.39, 0.29) is 5.35 Å². The molecule has 2 rings (SSSR count). The monoisotopic (exact) mass is 198 g/mol. The van der Waals surface area contributed by atoms with Gasteiger partial charge in [-0.15, -0.1) is 5.10 Å². The van der Waals surface area contributed by atoms with Crippen molar-refractivity contribution in [2.45, 2.75) is 13.8 Å². The van der Waals surface area contributed by atoms with Crippen molar-refractivity contribution < 1.29 is 8.83 Å². The average molecular weight is 199 g/mol. The highest BCUT2D eigenvalue weighted by Crippen LogP contribution is 2.26. The summed E-state index contributed by atoms with van der Waals surface area (Å²) in [5, 5.41) is 7.34. The normalized spacial score (nSPS) is 10.7. The lowest BCUT2D eigenvalue weighted by Gasteiger charge is -1.87. The smallest absolute Gasteiger partial charge is 0.313 e. The van der Waals surface area contributed by atoms with Crippen molar-refractivity contribution in [2.24, 2.45) is 0 Å². The molecule has 0 radical (unpaired) electrons. The molecule has 5 heteroatoms. The van der Waals surface area contributed by atoms with E-state index in [0.717, 1.165) is 17.1 Å². The molecule has 2 aromatic heterocycles. The summed E-state index contributed by atoms with van der Waals surface area (Å²) >= 11 is 5.50. The van der Waals surface area contributed by atoms with Gasteiger partial charge in [0, 0.05) is 0 Å². The third-order valence-electron chi connectivity index (χ3n) is 1.67. The molecule has 0 aromatic carbocycles. The molecule has 2 heterocycles. The highest BCUT2D eigenvalue weighted by molar-refractivity contribution is 6.27. The predicted molar refractivity (Wildman–Crippen MR) is 46.5 cm³/mol. The Morgan fingerprint density at radius 3 is 2.46 bits per heavy atom. The van der Waals surface area contributed by atoms with Gasteiger partial charge in [-0.3, -0.25) is 0 Å². The molecule has 0 fully saturated rings. The minimum atomic E-state index is 0.0354. The summed E-state index contributed by atoms with van der Waals surface area (Å²) in [5.74, 6) is 1.94. The average Bonchev–Trinajstić information content (AvgIpc) is 2.58. The quantitative estimate of drug-likeness (QED) is 0.707. The summed E-state index contributed by atoms with van der Waals surface area (Å²) in [7, 11) is 0. The van der Waals surface area contributed by atoms with Crippen LogP contribution in [0.4, 0.5) is 0 Å². The van der Waals surface area contributed by atoms with Crippen LogP contribution in [-0.4, -0.2) is 10.2 Å². The van der Waals surface area contributed by atoms with Crippen LogP contribution in [0.1, 0.15) is 11.5 Å². The first-order valence-corrected chi connectivity index (χ1v) is 4.11. The molecule has 0 aliphatic carbocycles. The van der Waals surface area contributed by atoms with E-state index < -0.39 is 0 Å². The second-order valence-electron chi connectivity index (χ2n) is 2.69. The van der Waals surface area contributed by atoms with E-state index in [1.807, 2.05) is 19.9 Å². The molecule has 68 valence electrons. The predicted octanol–water partition coefficient (Wildman–Crippen LogP) is 2.60. The molecule has 13 heavy (non-hydrogen) atoms. The van der Waals surface area contributed by atoms with E-state index in [0.29, 0.717) is 5.89 Å². The Kier molecular flexibility index (Phi) is 1.84. The zero-order chi connectivity index (χ0) is 9.42. The van der Waals surface area contributed by atoms with E-state index in [2.05, 4.69) is 10.2 Å². The topological polar surface area (TPSA) is 52.1 Å². The summed E-state index contributed by atoms with van der Waals surface area (Å²) in [6, 6.07) is 1.83.